The van der Waals surface area contributed by atoms with Crippen LogP contribution in [0.15, 0.2) is 36.5 Å². The molecule has 1 saturated carbocycles. The van der Waals surface area contributed by atoms with E-state index in [1.165, 1.54) is 23.1 Å². The van der Waals surface area contributed by atoms with Gasteiger partial charge in [0.15, 0.2) is 0 Å². The highest BCUT2D eigenvalue weighted by Gasteiger charge is 2.46. The first-order valence-electron chi connectivity index (χ1n) is 12.5. The number of likely N-dealkylation sites (tertiary alicyclic amines) is 1. The molecule has 4 heterocycles. The van der Waals surface area contributed by atoms with Crippen LogP contribution in [0.25, 0.3) is 10.9 Å². The summed E-state index contributed by atoms with van der Waals surface area (Å²) in [5.74, 6) is 2.47. The Morgan fingerprint density at radius 3 is 2.71 bits per heavy atom. The van der Waals surface area contributed by atoms with Crippen LogP contribution in [0.5, 0.6) is 5.75 Å². The average molecular weight is 460 g/mol. The largest absolute Gasteiger partial charge is 0.497 e. The summed E-state index contributed by atoms with van der Waals surface area (Å²) in [6.45, 7) is 3.83. The van der Waals surface area contributed by atoms with Gasteiger partial charge in [0.25, 0.3) is 0 Å². The topological polar surface area (TPSA) is 87.5 Å². The SMILES string of the molecule is COc1ccc2c3c([nH]c2c1)CN(c1ccc(CN)cn1)CC31CCN(C(=O)C2CCC2)CC1. The number of nitrogens with two attached hydrogens (primary N) is 1. The summed E-state index contributed by atoms with van der Waals surface area (Å²) in [6, 6.07) is 10.5. The van der Waals surface area contributed by atoms with Crippen LogP contribution in [-0.2, 0) is 23.3 Å². The van der Waals surface area contributed by atoms with Gasteiger partial charge in [0, 0.05) is 66.4 Å². The maximum absolute atomic E-state index is 13.0. The number of piperidine rings is 1. The number of carbonyl (C=O) groups is 1. The Labute approximate surface area is 200 Å². The van der Waals surface area contributed by atoms with E-state index in [4.69, 9.17) is 15.5 Å². The molecule has 3 aromatic rings. The van der Waals surface area contributed by atoms with Crippen molar-refractivity contribution in [1.29, 1.82) is 0 Å². The van der Waals surface area contributed by atoms with E-state index in [-0.39, 0.29) is 11.3 Å². The van der Waals surface area contributed by atoms with Crippen LogP contribution in [0.3, 0.4) is 0 Å². The van der Waals surface area contributed by atoms with E-state index in [9.17, 15) is 4.79 Å². The molecular formula is C27H33N5O2. The predicted octanol–water partition coefficient (Wildman–Crippen LogP) is 3.71. The molecule has 2 aliphatic heterocycles. The third kappa shape index (κ3) is 3.45. The third-order valence-electron chi connectivity index (χ3n) is 8.31. The molecule has 7 nitrogen and oxygen atoms in total. The zero-order valence-corrected chi connectivity index (χ0v) is 19.8. The molecule has 1 aromatic carbocycles. The smallest absolute Gasteiger partial charge is 0.225 e. The molecule has 1 aliphatic carbocycles. The molecule has 178 valence electrons. The number of nitrogens with one attached hydrogen (secondary N) is 1. The maximum atomic E-state index is 13.0. The van der Waals surface area contributed by atoms with Crippen LogP contribution in [0, 0.1) is 5.92 Å². The van der Waals surface area contributed by atoms with Crippen LogP contribution in [0.1, 0.15) is 48.9 Å². The Hall–Kier alpha value is -3.06. The van der Waals surface area contributed by atoms with Gasteiger partial charge < -0.3 is 25.3 Å². The Bertz CT molecular complexity index is 1210. The number of fused-ring (bicyclic) bond motifs is 4. The molecule has 0 unspecified atom stereocenters. The van der Waals surface area contributed by atoms with Crippen LogP contribution in [-0.4, -0.2) is 47.5 Å². The highest BCUT2D eigenvalue weighted by Crippen LogP contribution is 2.47. The zero-order valence-electron chi connectivity index (χ0n) is 19.8. The number of benzene rings is 1. The van der Waals surface area contributed by atoms with Gasteiger partial charge in [-0.1, -0.05) is 12.5 Å². The Kier molecular flexibility index (Phi) is 5.25. The summed E-state index contributed by atoms with van der Waals surface area (Å²) in [4.78, 5) is 25.9. The normalized spacial score (nSPS) is 19.8. The number of ether oxygens (including phenoxy) is 1. The monoisotopic (exact) mass is 459 g/mol. The molecule has 3 N–H and O–H groups in total. The second kappa shape index (κ2) is 8.31. The second-order valence-corrected chi connectivity index (χ2v) is 10.2. The lowest BCUT2D eigenvalue weighted by atomic mass is 9.69. The third-order valence-corrected chi connectivity index (χ3v) is 8.31. The molecule has 2 fully saturated rings. The van der Waals surface area contributed by atoms with E-state index < -0.39 is 0 Å². The highest BCUT2D eigenvalue weighted by molar-refractivity contribution is 5.88. The number of pyridine rings is 1. The first kappa shape index (κ1) is 21.5. The summed E-state index contributed by atoms with van der Waals surface area (Å²) in [6.07, 6.45) is 7.14. The molecule has 2 aromatic heterocycles. The molecule has 6 rings (SSSR count). The van der Waals surface area contributed by atoms with Gasteiger partial charge in [-0.2, -0.15) is 0 Å². The molecule has 0 radical (unpaired) electrons. The van der Waals surface area contributed by atoms with Gasteiger partial charge in [-0.3, -0.25) is 4.79 Å². The summed E-state index contributed by atoms with van der Waals surface area (Å²) < 4.78 is 5.49. The quantitative estimate of drug-likeness (QED) is 0.621. The maximum Gasteiger partial charge on any atom is 0.225 e. The number of aromatic amines is 1. The number of amides is 1. The number of nitrogens with zero attached hydrogens (tertiary/aromatic N) is 3. The van der Waals surface area contributed by atoms with Crippen molar-refractivity contribution in [3.05, 3.63) is 53.3 Å². The predicted molar refractivity (Wildman–Crippen MR) is 133 cm³/mol. The minimum Gasteiger partial charge on any atom is -0.497 e. The number of H-pyrrole nitrogens is 1. The molecule has 7 heteroatoms. The van der Waals surface area contributed by atoms with Crippen molar-refractivity contribution in [1.82, 2.24) is 14.9 Å². The van der Waals surface area contributed by atoms with E-state index in [1.807, 2.05) is 6.20 Å². The number of rotatable bonds is 4. The zero-order chi connectivity index (χ0) is 23.3. The fraction of sp³-hybridized carbons (Fsp3) is 0.481. The molecular weight excluding hydrogens is 426 g/mol. The first-order valence-corrected chi connectivity index (χ1v) is 12.5. The van der Waals surface area contributed by atoms with E-state index in [2.05, 4.69) is 45.1 Å². The van der Waals surface area contributed by atoms with Crippen molar-refractivity contribution in [2.75, 3.05) is 31.6 Å². The Balaban J connectivity index is 1.37. The Morgan fingerprint density at radius 2 is 2.06 bits per heavy atom. The second-order valence-electron chi connectivity index (χ2n) is 10.2. The first-order chi connectivity index (χ1) is 16.6. The van der Waals surface area contributed by atoms with E-state index in [1.54, 1.807) is 7.11 Å². The van der Waals surface area contributed by atoms with Gasteiger partial charge in [-0.05, 0) is 55.0 Å². The van der Waals surface area contributed by atoms with Crippen molar-refractivity contribution in [2.24, 2.45) is 11.7 Å². The number of aromatic nitrogens is 2. The molecule has 0 bridgehead atoms. The van der Waals surface area contributed by atoms with E-state index in [0.29, 0.717) is 12.5 Å². The number of hydrogen-bond donors (Lipinski definition) is 2. The summed E-state index contributed by atoms with van der Waals surface area (Å²) >= 11 is 0. The van der Waals surface area contributed by atoms with Crippen LogP contribution in [0.2, 0.25) is 0 Å². The lowest BCUT2D eigenvalue weighted by molar-refractivity contribution is -0.139. The van der Waals surface area contributed by atoms with Gasteiger partial charge in [0.1, 0.15) is 11.6 Å². The minimum absolute atomic E-state index is 0.0228. The number of anilines is 1. The summed E-state index contributed by atoms with van der Waals surface area (Å²) in [5, 5.41) is 1.28. The lowest BCUT2D eigenvalue weighted by Crippen LogP contribution is -2.54. The average Bonchev–Trinajstić information content (AvgIpc) is 3.22. The molecule has 1 saturated heterocycles. The van der Waals surface area contributed by atoms with Crippen LogP contribution in [0.4, 0.5) is 5.82 Å². The van der Waals surface area contributed by atoms with Gasteiger partial charge in [0.05, 0.1) is 13.7 Å². The lowest BCUT2D eigenvalue weighted by Gasteiger charge is -2.48. The van der Waals surface area contributed by atoms with Crippen LogP contribution >= 0.6 is 0 Å². The van der Waals surface area contributed by atoms with Crippen molar-refractivity contribution >= 4 is 22.6 Å². The summed E-state index contributed by atoms with van der Waals surface area (Å²) in [7, 11) is 1.71. The van der Waals surface area contributed by atoms with E-state index >= 15 is 0 Å². The molecule has 0 atom stereocenters. The van der Waals surface area contributed by atoms with Crippen molar-refractivity contribution < 1.29 is 9.53 Å². The fourth-order valence-corrected chi connectivity index (χ4v) is 6.14. The molecule has 3 aliphatic rings. The number of hydrogen-bond acceptors (Lipinski definition) is 5. The van der Waals surface area contributed by atoms with E-state index in [0.717, 1.165) is 74.5 Å². The molecule has 34 heavy (non-hydrogen) atoms. The molecule has 1 amide bonds. The van der Waals surface area contributed by atoms with Crippen molar-refractivity contribution in [3.8, 4) is 5.75 Å². The Morgan fingerprint density at radius 1 is 1.24 bits per heavy atom. The van der Waals surface area contributed by atoms with Gasteiger partial charge in [-0.15, -0.1) is 0 Å². The van der Waals surface area contributed by atoms with Gasteiger partial charge in [-0.25, -0.2) is 4.98 Å². The molecule has 1 spiro atoms. The van der Waals surface area contributed by atoms with Crippen molar-refractivity contribution in [3.63, 3.8) is 0 Å². The van der Waals surface area contributed by atoms with Gasteiger partial charge in [0.2, 0.25) is 5.91 Å². The minimum atomic E-state index is -0.0228. The van der Waals surface area contributed by atoms with Crippen molar-refractivity contribution in [2.45, 2.75) is 50.6 Å². The van der Waals surface area contributed by atoms with Crippen LogP contribution < -0.4 is 15.4 Å². The fourth-order valence-electron chi connectivity index (χ4n) is 6.14. The summed E-state index contributed by atoms with van der Waals surface area (Å²) in [5.41, 5.74) is 10.6. The number of carbonyl (C=O) groups excluding carboxylic acids is 1. The number of methoxy groups -OCH3 is 1. The highest BCUT2D eigenvalue weighted by atomic mass is 16.5. The van der Waals surface area contributed by atoms with Gasteiger partial charge >= 0.3 is 0 Å². The standard InChI is InChI=1S/C27H33N5O2/c1-34-20-6-7-21-22(13-20)30-23-16-32(24-8-5-18(14-28)15-29-24)17-27(25(21)23)9-11-31(12-10-27)26(33)19-3-2-4-19/h5-8,13,15,19,30H,2-4,9-12,14,16-17,28H2,1H3.